The molecule has 0 spiro atoms. The Morgan fingerprint density at radius 3 is 1.93 bits per heavy atom. The van der Waals surface area contributed by atoms with E-state index < -0.39 is 11.2 Å². The smallest absolute Gasteiger partial charge is 0.0626 e. The van der Waals surface area contributed by atoms with Gasteiger partial charge in [0.05, 0.1) is 11.2 Å². The standard InChI is InChI=1S/C13H24O2/c1-9-6-7-10(12(2,3)14)11(8-9)13(4,5)15/h6,10-11,14-15H,7-8H2,1-5H3/t10-,11+/m1/s1. The molecule has 2 atom stereocenters. The molecule has 0 radical (unpaired) electrons. The molecule has 0 unspecified atom stereocenters. The molecule has 0 bridgehead atoms. The van der Waals surface area contributed by atoms with Gasteiger partial charge in [-0.25, -0.2) is 0 Å². The van der Waals surface area contributed by atoms with Crippen LogP contribution in [0.5, 0.6) is 0 Å². The summed E-state index contributed by atoms with van der Waals surface area (Å²) < 4.78 is 0. The number of rotatable bonds is 2. The van der Waals surface area contributed by atoms with Crippen LogP contribution in [0.3, 0.4) is 0 Å². The molecule has 0 aliphatic heterocycles. The Morgan fingerprint density at radius 2 is 1.53 bits per heavy atom. The molecule has 1 rings (SSSR count). The second-order valence-corrected chi connectivity index (χ2v) is 6.01. The first-order valence-electron chi connectivity index (χ1n) is 5.72. The first kappa shape index (κ1) is 12.7. The van der Waals surface area contributed by atoms with E-state index in [1.54, 1.807) is 0 Å². The van der Waals surface area contributed by atoms with E-state index in [-0.39, 0.29) is 11.8 Å². The van der Waals surface area contributed by atoms with Crippen LogP contribution in [-0.4, -0.2) is 21.4 Å². The molecule has 0 saturated heterocycles. The van der Waals surface area contributed by atoms with Crippen LogP contribution in [0.4, 0.5) is 0 Å². The van der Waals surface area contributed by atoms with E-state index in [9.17, 15) is 10.2 Å². The van der Waals surface area contributed by atoms with Crippen LogP contribution >= 0.6 is 0 Å². The lowest BCUT2D eigenvalue weighted by Gasteiger charge is -2.44. The molecule has 0 heterocycles. The number of aliphatic hydroxyl groups is 2. The molecule has 0 aromatic heterocycles. The molecular formula is C13H24O2. The predicted octanol–water partition coefficient (Wildman–Crippen LogP) is 2.50. The van der Waals surface area contributed by atoms with Crippen molar-refractivity contribution in [3.05, 3.63) is 11.6 Å². The second-order valence-electron chi connectivity index (χ2n) is 6.01. The summed E-state index contributed by atoms with van der Waals surface area (Å²) in [6.45, 7) is 9.46. The van der Waals surface area contributed by atoms with Crippen LogP contribution in [0.2, 0.25) is 0 Å². The Morgan fingerprint density at radius 1 is 1.07 bits per heavy atom. The van der Waals surface area contributed by atoms with E-state index in [1.807, 2.05) is 27.7 Å². The Balaban J connectivity index is 2.95. The van der Waals surface area contributed by atoms with Gasteiger partial charge in [0.25, 0.3) is 0 Å². The summed E-state index contributed by atoms with van der Waals surface area (Å²) in [5, 5.41) is 20.3. The highest BCUT2D eigenvalue weighted by atomic mass is 16.3. The minimum absolute atomic E-state index is 0.140. The van der Waals surface area contributed by atoms with Gasteiger partial charge in [-0.1, -0.05) is 11.6 Å². The SMILES string of the molecule is CC1=CC[C@@H](C(C)(C)O)[C@@H](C(C)(C)O)C1. The van der Waals surface area contributed by atoms with Crippen LogP contribution in [0.1, 0.15) is 47.5 Å². The average molecular weight is 212 g/mol. The second kappa shape index (κ2) is 3.91. The van der Waals surface area contributed by atoms with Crippen molar-refractivity contribution in [2.24, 2.45) is 11.8 Å². The zero-order valence-electron chi connectivity index (χ0n) is 10.5. The average Bonchev–Trinajstić information content (AvgIpc) is 2.00. The molecule has 15 heavy (non-hydrogen) atoms. The van der Waals surface area contributed by atoms with E-state index >= 15 is 0 Å². The highest BCUT2D eigenvalue weighted by Gasteiger charge is 2.42. The molecular weight excluding hydrogens is 188 g/mol. The van der Waals surface area contributed by atoms with E-state index in [1.165, 1.54) is 5.57 Å². The van der Waals surface area contributed by atoms with Gasteiger partial charge >= 0.3 is 0 Å². The van der Waals surface area contributed by atoms with Gasteiger partial charge in [-0.3, -0.25) is 0 Å². The Bertz CT molecular complexity index is 253. The van der Waals surface area contributed by atoms with E-state index in [0.29, 0.717) is 0 Å². The van der Waals surface area contributed by atoms with Crippen molar-refractivity contribution >= 4 is 0 Å². The molecule has 0 amide bonds. The minimum Gasteiger partial charge on any atom is -0.390 e. The molecule has 0 aromatic rings. The molecule has 2 N–H and O–H groups in total. The van der Waals surface area contributed by atoms with Gasteiger partial charge in [0.2, 0.25) is 0 Å². The zero-order chi connectivity index (χ0) is 11.9. The summed E-state index contributed by atoms with van der Waals surface area (Å²) in [5.41, 5.74) is -0.121. The maximum atomic E-state index is 10.2. The highest BCUT2D eigenvalue weighted by Crippen LogP contribution is 2.42. The summed E-state index contributed by atoms with van der Waals surface area (Å²) in [6.07, 6.45) is 3.94. The van der Waals surface area contributed by atoms with Crippen molar-refractivity contribution in [1.29, 1.82) is 0 Å². The van der Waals surface area contributed by atoms with Crippen LogP contribution in [-0.2, 0) is 0 Å². The topological polar surface area (TPSA) is 40.5 Å². The Labute approximate surface area is 93.0 Å². The molecule has 0 fully saturated rings. The van der Waals surface area contributed by atoms with Gasteiger partial charge in [0, 0.05) is 0 Å². The summed E-state index contributed by atoms with van der Waals surface area (Å²) in [6, 6.07) is 0. The molecule has 1 aliphatic rings. The summed E-state index contributed by atoms with van der Waals surface area (Å²) in [5.74, 6) is 0.281. The molecule has 0 saturated carbocycles. The van der Waals surface area contributed by atoms with Gasteiger partial charge in [0.15, 0.2) is 0 Å². The van der Waals surface area contributed by atoms with Gasteiger partial charge in [-0.05, 0) is 59.3 Å². The highest BCUT2D eigenvalue weighted by molar-refractivity contribution is 5.10. The van der Waals surface area contributed by atoms with E-state index in [4.69, 9.17) is 0 Å². The molecule has 1 aliphatic carbocycles. The summed E-state index contributed by atoms with van der Waals surface area (Å²) >= 11 is 0. The fourth-order valence-corrected chi connectivity index (χ4v) is 2.59. The largest absolute Gasteiger partial charge is 0.390 e. The van der Waals surface area contributed by atoms with E-state index in [2.05, 4.69) is 13.0 Å². The van der Waals surface area contributed by atoms with Gasteiger partial charge < -0.3 is 10.2 Å². The van der Waals surface area contributed by atoms with Gasteiger partial charge in [-0.15, -0.1) is 0 Å². The third kappa shape index (κ3) is 3.05. The number of hydrogen-bond donors (Lipinski definition) is 2. The predicted molar refractivity (Wildman–Crippen MR) is 62.6 cm³/mol. The first-order chi connectivity index (χ1) is 6.62. The van der Waals surface area contributed by atoms with Crippen LogP contribution in [0.25, 0.3) is 0 Å². The minimum atomic E-state index is -0.722. The first-order valence-corrected chi connectivity index (χ1v) is 5.72. The fourth-order valence-electron chi connectivity index (χ4n) is 2.59. The lowest BCUT2D eigenvalue weighted by atomic mass is 9.66. The van der Waals surface area contributed by atoms with Crippen LogP contribution < -0.4 is 0 Å². The van der Waals surface area contributed by atoms with Crippen LogP contribution in [0.15, 0.2) is 11.6 Å². The van der Waals surface area contributed by atoms with Crippen molar-refractivity contribution in [3.63, 3.8) is 0 Å². The fraction of sp³-hybridized carbons (Fsp3) is 0.846. The summed E-state index contributed by atoms with van der Waals surface area (Å²) in [7, 11) is 0. The van der Waals surface area contributed by atoms with Crippen molar-refractivity contribution in [3.8, 4) is 0 Å². The van der Waals surface area contributed by atoms with Gasteiger partial charge in [-0.2, -0.15) is 0 Å². The zero-order valence-corrected chi connectivity index (χ0v) is 10.5. The van der Waals surface area contributed by atoms with Crippen LogP contribution in [0, 0.1) is 11.8 Å². The van der Waals surface area contributed by atoms with E-state index in [0.717, 1.165) is 12.8 Å². The molecule has 2 nitrogen and oxygen atoms in total. The van der Waals surface area contributed by atoms with Crippen molar-refractivity contribution in [1.82, 2.24) is 0 Å². The lowest BCUT2D eigenvalue weighted by Crippen LogP contribution is -2.46. The maximum Gasteiger partial charge on any atom is 0.0626 e. The Kier molecular flexibility index (Phi) is 3.32. The normalized spacial score (nSPS) is 28.9. The Hall–Kier alpha value is -0.340. The maximum absolute atomic E-state index is 10.2. The van der Waals surface area contributed by atoms with Gasteiger partial charge in [0.1, 0.15) is 0 Å². The monoisotopic (exact) mass is 212 g/mol. The number of allylic oxidation sites excluding steroid dienone is 2. The van der Waals surface area contributed by atoms with Crippen molar-refractivity contribution in [2.45, 2.75) is 58.7 Å². The third-order valence-corrected chi connectivity index (χ3v) is 3.56. The third-order valence-electron chi connectivity index (χ3n) is 3.56. The quantitative estimate of drug-likeness (QED) is 0.690. The molecule has 2 heteroatoms. The van der Waals surface area contributed by atoms with Crippen molar-refractivity contribution < 1.29 is 10.2 Å². The molecule has 0 aromatic carbocycles. The summed E-state index contributed by atoms with van der Waals surface area (Å²) in [4.78, 5) is 0. The lowest BCUT2D eigenvalue weighted by molar-refractivity contribution is -0.0824. The number of hydrogen-bond acceptors (Lipinski definition) is 2. The molecule has 88 valence electrons. The van der Waals surface area contributed by atoms with Crippen molar-refractivity contribution in [2.75, 3.05) is 0 Å².